The van der Waals surface area contributed by atoms with Crippen LogP contribution < -0.4 is 0 Å². The summed E-state index contributed by atoms with van der Waals surface area (Å²) in [6.45, 7) is 3.03. The number of carbonyl (C=O) groups is 1. The predicted molar refractivity (Wildman–Crippen MR) is 38.8 cm³/mol. The third-order valence-corrected chi connectivity index (χ3v) is 1.27. The summed E-state index contributed by atoms with van der Waals surface area (Å²) in [6, 6.07) is 0. The van der Waals surface area contributed by atoms with E-state index in [0.29, 0.717) is 13.2 Å². The van der Waals surface area contributed by atoms with E-state index >= 15 is 0 Å². The Morgan fingerprint density at radius 1 is 1.82 bits per heavy atom. The summed E-state index contributed by atoms with van der Waals surface area (Å²) in [7, 11) is 0. The van der Waals surface area contributed by atoms with Crippen molar-refractivity contribution in [1.82, 2.24) is 4.90 Å². The maximum Gasteiger partial charge on any atom is 0.412 e. The molecule has 1 rings (SSSR count). The minimum atomic E-state index is -0.322. The van der Waals surface area contributed by atoms with Crippen LogP contribution in [0.5, 0.6) is 0 Å². The van der Waals surface area contributed by atoms with Gasteiger partial charge in [-0.3, -0.25) is 4.90 Å². The minimum Gasteiger partial charge on any atom is -0.481 e. The van der Waals surface area contributed by atoms with Gasteiger partial charge < -0.3 is 9.47 Å². The van der Waals surface area contributed by atoms with Crippen LogP contribution in [0.2, 0.25) is 0 Å². The highest BCUT2D eigenvalue weighted by molar-refractivity contribution is 5.67. The summed E-state index contributed by atoms with van der Waals surface area (Å²) in [5.41, 5.74) is 0. The first-order chi connectivity index (χ1) is 5.34. The predicted octanol–water partition coefficient (Wildman–Crippen LogP) is 0.946. The monoisotopic (exact) mass is 157 g/mol. The van der Waals surface area contributed by atoms with E-state index in [0.717, 1.165) is 0 Å². The number of hydrogen-bond acceptors (Lipinski definition) is 3. The Labute approximate surface area is 65.4 Å². The lowest BCUT2D eigenvalue weighted by Crippen LogP contribution is -2.35. The van der Waals surface area contributed by atoms with Gasteiger partial charge in [0.15, 0.2) is 6.73 Å². The molecule has 1 aliphatic heterocycles. The smallest absolute Gasteiger partial charge is 0.412 e. The Bertz CT molecular complexity index is 167. The van der Waals surface area contributed by atoms with E-state index in [2.05, 4.69) is 0 Å². The van der Waals surface area contributed by atoms with Crippen LogP contribution in [0, 0.1) is 0 Å². The van der Waals surface area contributed by atoms with Crippen molar-refractivity contribution in [3.63, 3.8) is 0 Å². The lowest BCUT2D eigenvalue weighted by molar-refractivity contribution is 0.0546. The fourth-order valence-corrected chi connectivity index (χ4v) is 0.766. The second kappa shape index (κ2) is 3.85. The largest absolute Gasteiger partial charge is 0.481 e. The molecule has 0 N–H and O–H groups in total. The maximum atomic E-state index is 11.0. The van der Waals surface area contributed by atoms with Gasteiger partial charge in [-0.15, -0.1) is 0 Å². The second-order valence-electron chi connectivity index (χ2n) is 2.09. The SMILES string of the molecule is CCOC(=O)N1CC=COC1. The van der Waals surface area contributed by atoms with Crippen molar-refractivity contribution in [1.29, 1.82) is 0 Å². The van der Waals surface area contributed by atoms with Crippen LogP contribution in [0.15, 0.2) is 12.3 Å². The topological polar surface area (TPSA) is 38.8 Å². The van der Waals surface area contributed by atoms with Crippen LogP contribution >= 0.6 is 0 Å². The van der Waals surface area contributed by atoms with E-state index in [1.165, 1.54) is 4.90 Å². The lowest BCUT2D eigenvalue weighted by atomic mass is 10.5. The molecule has 0 aromatic carbocycles. The Kier molecular flexibility index (Phi) is 2.77. The summed E-state index contributed by atoms with van der Waals surface area (Å²) in [5, 5.41) is 0. The van der Waals surface area contributed by atoms with Crippen molar-refractivity contribution in [3.05, 3.63) is 12.3 Å². The first-order valence-corrected chi connectivity index (χ1v) is 3.53. The third-order valence-electron chi connectivity index (χ3n) is 1.27. The number of carbonyl (C=O) groups excluding carboxylic acids is 1. The van der Waals surface area contributed by atoms with E-state index in [-0.39, 0.29) is 12.8 Å². The number of nitrogens with zero attached hydrogens (tertiary/aromatic N) is 1. The molecule has 0 fully saturated rings. The van der Waals surface area contributed by atoms with Crippen molar-refractivity contribution in [2.24, 2.45) is 0 Å². The average Bonchev–Trinajstić information content (AvgIpc) is 2.07. The molecule has 62 valence electrons. The van der Waals surface area contributed by atoms with Crippen LogP contribution in [0.1, 0.15) is 6.92 Å². The molecule has 1 heterocycles. The third kappa shape index (κ3) is 2.14. The van der Waals surface area contributed by atoms with Crippen molar-refractivity contribution in [2.45, 2.75) is 6.92 Å². The van der Waals surface area contributed by atoms with E-state index in [1.807, 2.05) is 0 Å². The molecular weight excluding hydrogens is 146 g/mol. The fraction of sp³-hybridized carbons (Fsp3) is 0.571. The van der Waals surface area contributed by atoms with E-state index in [4.69, 9.17) is 9.47 Å². The summed E-state index contributed by atoms with van der Waals surface area (Å²) in [5.74, 6) is 0. The molecule has 0 aliphatic carbocycles. The molecule has 0 spiro atoms. The van der Waals surface area contributed by atoms with Crippen molar-refractivity contribution < 1.29 is 14.3 Å². The fourth-order valence-electron chi connectivity index (χ4n) is 0.766. The molecule has 0 aromatic heterocycles. The molecule has 1 aliphatic rings. The number of ether oxygens (including phenoxy) is 2. The van der Waals surface area contributed by atoms with Crippen molar-refractivity contribution in [2.75, 3.05) is 19.9 Å². The van der Waals surface area contributed by atoms with Gasteiger partial charge in [0.05, 0.1) is 12.9 Å². The summed E-state index contributed by atoms with van der Waals surface area (Å²) in [6.07, 6.45) is 3.02. The van der Waals surface area contributed by atoms with Gasteiger partial charge >= 0.3 is 6.09 Å². The first-order valence-electron chi connectivity index (χ1n) is 3.53. The molecule has 0 aromatic rings. The molecule has 0 saturated carbocycles. The zero-order valence-corrected chi connectivity index (χ0v) is 6.45. The Morgan fingerprint density at radius 2 is 2.64 bits per heavy atom. The summed E-state index contributed by atoms with van der Waals surface area (Å²) in [4.78, 5) is 12.5. The zero-order valence-electron chi connectivity index (χ0n) is 6.45. The molecule has 0 radical (unpaired) electrons. The van der Waals surface area contributed by atoms with Gasteiger partial charge in [0.25, 0.3) is 0 Å². The normalized spacial score (nSPS) is 15.9. The Balaban J connectivity index is 2.34. The molecule has 4 heteroatoms. The van der Waals surface area contributed by atoms with Gasteiger partial charge in [-0.1, -0.05) is 0 Å². The second-order valence-corrected chi connectivity index (χ2v) is 2.09. The van der Waals surface area contributed by atoms with Gasteiger partial charge in [0.1, 0.15) is 0 Å². The van der Waals surface area contributed by atoms with Crippen LogP contribution in [0.25, 0.3) is 0 Å². The molecule has 0 saturated heterocycles. The highest BCUT2D eigenvalue weighted by atomic mass is 16.6. The standard InChI is InChI=1S/C7H11NO3/c1-2-11-7(9)8-4-3-5-10-6-8/h3,5H,2,4,6H2,1H3. The number of amides is 1. The van der Waals surface area contributed by atoms with Crippen LogP contribution in [-0.4, -0.2) is 30.9 Å². The molecule has 11 heavy (non-hydrogen) atoms. The van der Waals surface area contributed by atoms with Crippen molar-refractivity contribution >= 4 is 6.09 Å². The molecule has 1 amide bonds. The van der Waals surface area contributed by atoms with Crippen molar-refractivity contribution in [3.8, 4) is 0 Å². The molecular formula is C7H11NO3. The van der Waals surface area contributed by atoms with E-state index in [1.54, 1.807) is 19.3 Å². The van der Waals surface area contributed by atoms with Gasteiger partial charge in [0, 0.05) is 6.54 Å². The van der Waals surface area contributed by atoms with Gasteiger partial charge in [-0.05, 0) is 13.0 Å². The average molecular weight is 157 g/mol. The maximum absolute atomic E-state index is 11.0. The van der Waals surface area contributed by atoms with Gasteiger partial charge in [0.2, 0.25) is 0 Å². The lowest BCUT2D eigenvalue weighted by Gasteiger charge is -2.22. The summed E-state index contributed by atoms with van der Waals surface area (Å²) < 4.78 is 9.65. The highest BCUT2D eigenvalue weighted by Crippen LogP contribution is 2.00. The first kappa shape index (κ1) is 7.91. The van der Waals surface area contributed by atoms with E-state index in [9.17, 15) is 4.79 Å². The van der Waals surface area contributed by atoms with Crippen LogP contribution in [0.3, 0.4) is 0 Å². The molecule has 0 unspecified atom stereocenters. The molecule has 0 atom stereocenters. The number of rotatable bonds is 1. The summed E-state index contributed by atoms with van der Waals surface area (Å²) >= 11 is 0. The highest BCUT2D eigenvalue weighted by Gasteiger charge is 2.14. The van der Waals surface area contributed by atoms with Gasteiger partial charge in [-0.2, -0.15) is 0 Å². The Hall–Kier alpha value is -1.19. The number of hydrogen-bond donors (Lipinski definition) is 0. The molecule has 0 bridgehead atoms. The zero-order chi connectivity index (χ0) is 8.10. The van der Waals surface area contributed by atoms with Gasteiger partial charge in [-0.25, -0.2) is 4.79 Å². The Morgan fingerprint density at radius 3 is 3.18 bits per heavy atom. The quantitative estimate of drug-likeness (QED) is 0.568. The van der Waals surface area contributed by atoms with Crippen LogP contribution in [0.4, 0.5) is 4.79 Å². The minimum absolute atomic E-state index is 0.287. The van der Waals surface area contributed by atoms with E-state index < -0.39 is 0 Å². The molecule has 4 nitrogen and oxygen atoms in total. The van der Waals surface area contributed by atoms with Crippen LogP contribution in [-0.2, 0) is 9.47 Å².